The minimum Gasteiger partial charge on any atom is -0.452 e. The van der Waals surface area contributed by atoms with Gasteiger partial charge >= 0.3 is 5.97 Å². The van der Waals surface area contributed by atoms with E-state index in [0.717, 1.165) is 12.1 Å². The van der Waals surface area contributed by atoms with Gasteiger partial charge in [-0.2, -0.15) is 0 Å². The second-order valence-electron chi connectivity index (χ2n) is 5.88. The van der Waals surface area contributed by atoms with Gasteiger partial charge in [-0.1, -0.05) is 23.2 Å². The number of rotatable bonds is 7. The first kappa shape index (κ1) is 22.6. The van der Waals surface area contributed by atoms with Gasteiger partial charge in [-0.3, -0.25) is 14.4 Å². The zero-order valence-electron chi connectivity index (χ0n) is 15.1. The number of hydrogen-bond donors (Lipinski definition) is 2. The van der Waals surface area contributed by atoms with Gasteiger partial charge in [0, 0.05) is 17.6 Å². The second kappa shape index (κ2) is 10.2. The number of hydrogen-bond acceptors (Lipinski definition) is 4. The Hall–Kier alpha value is -2.71. The molecule has 0 radical (unpaired) electrons. The lowest BCUT2D eigenvalue weighted by Crippen LogP contribution is -2.32. The van der Waals surface area contributed by atoms with Crippen molar-refractivity contribution in [1.29, 1.82) is 0 Å². The third-order valence-electron chi connectivity index (χ3n) is 3.66. The summed E-state index contributed by atoms with van der Waals surface area (Å²) in [4.78, 5) is 35.8. The zero-order chi connectivity index (χ0) is 21.6. The molecule has 2 aromatic rings. The fraction of sp³-hybridized carbons (Fsp3) is 0.211. The number of anilines is 1. The lowest BCUT2D eigenvalue weighted by atomic mass is 10.2. The summed E-state index contributed by atoms with van der Waals surface area (Å²) in [6.45, 7) is 1.20. The molecule has 2 aromatic carbocycles. The molecule has 2 N–H and O–H groups in total. The van der Waals surface area contributed by atoms with Crippen LogP contribution in [0.15, 0.2) is 36.4 Å². The van der Waals surface area contributed by atoms with E-state index >= 15 is 0 Å². The molecule has 2 rings (SSSR count). The van der Waals surface area contributed by atoms with Crippen molar-refractivity contribution in [3.63, 3.8) is 0 Å². The highest BCUT2D eigenvalue weighted by molar-refractivity contribution is 6.36. The van der Waals surface area contributed by atoms with Crippen LogP contribution in [0.5, 0.6) is 0 Å². The van der Waals surface area contributed by atoms with Crippen molar-refractivity contribution < 1.29 is 27.9 Å². The molecule has 2 amide bonds. The van der Waals surface area contributed by atoms with Gasteiger partial charge < -0.3 is 15.4 Å². The van der Waals surface area contributed by atoms with Gasteiger partial charge in [-0.25, -0.2) is 8.78 Å². The average molecular weight is 445 g/mol. The third kappa shape index (κ3) is 6.69. The Morgan fingerprint density at radius 1 is 1.10 bits per heavy atom. The van der Waals surface area contributed by atoms with Crippen LogP contribution in [0.25, 0.3) is 0 Å². The molecule has 10 heteroatoms. The van der Waals surface area contributed by atoms with Gasteiger partial charge in [0.05, 0.1) is 22.7 Å². The number of nitrogens with one attached hydrogen (secondary N) is 2. The maximum Gasteiger partial charge on any atom is 0.308 e. The first-order valence-corrected chi connectivity index (χ1v) is 9.11. The van der Waals surface area contributed by atoms with Crippen LogP contribution in [0.3, 0.4) is 0 Å². The molecule has 1 atom stereocenters. The molecular weight excluding hydrogens is 429 g/mol. The summed E-state index contributed by atoms with van der Waals surface area (Å²) >= 11 is 11.7. The van der Waals surface area contributed by atoms with Crippen molar-refractivity contribution in [1.82, 2.24) is 5.32 Å². The monoisotopic (exact) mass is 444 g/mol. The predicted molar refractivity (Wildman–Crippen MR) is 104 cm³/mol. The zero-order valence-corrected chi connectivity index (χ0v) is 16.6. The fourth-order valence-corrected chi connectivity index (χ4v) is 2.64. The summed E-state index contributed by atoms with van der Waals surface area (Å²) in [6.07, 6.45) is -1.38. The van der Waals surface area contributed by atoms with Crippen molar-refractivity contribution in [2.24, 2.45) is 0 Å². The van der Waals surface area contributed by atoms with E-state index in [1.165, 1.54) is 25.1 Å². The molecule has 0 aliphatic heterocycles. The van der Waals surface area contributed by atoms with Gasteiger partial charge in [-0.05, 0) is 37.3 Å². The second-order valence-corrected chi connectivity index (χ2v) is 6.72. The van der Waals surface area contributed by atoms with E-state index in [-0.39, 0.29) is 23.6 Å². The summed E-state index contributed by atoms with van der Waals surface area (Å²) in [6, 6.07) is 7.00. The molecule has 0 aliphatic rings. The molecule has 29 heavy (non-hydrogen) atoms. The van der Waals surface area contributed by atoms with E-state index in [0.29, 0.717) is 16.8 Å². The number of benzene rings is 2. The maximum atomic E-state index is 13.5. The molecule has 0 bridgehead atoms. The van der Waals surface area contributed by atoms with Crippen LogP contribution in [0, 0.1) is 11.6 Å². The van der Waals surface area contributed by atoms with Crippen molar-refractivity contribution in [2.45, 2.75) is 19.4 Å². The standard InChI is InChI=1S/C19H16Cl2F2N2O4/c1-10(18(27)25-16-5-2-11(20)8-14(16)21)29-17(26)6-7-24-19(28)13-4-3-12(22)9-15(13)23/h2-5,8-10H,6-7H2,1H3,(H,24,28)(H,25,27). The van der Waals surface area contributed by atoms with E-state index in [9.17, 15) is 23.2 Å². The smallest absolute Gasteiger partial charge is 0.308 e. The number of amides is 2. The van der Waals surface area contributed by atoms with E-state index in [1.54, 1.807) is 0 Å². The van der Waals surface area contributed by atoms with E-state index in [4.69, 9.17) is 27.9 Å². The van der Waals surface area contributed by atoms with Crippen LogP contribution in [-0.4, -0.2) is 30.4 Å². The van der Waals surface area contributed by atoms with Crippen LogP contribution < -0.4 is 10.6 Å². The number of carbonyl (C=O) groups excluding carboxylic acids is 3. The maximum absolute atomic E-state index is 13.5. The molecule has 0 saturated heterocycles. The summed E-state index contributed by atoms with van der Waals surface area (Å²) in [5.74, 6) is -4.00. The average Bonchev–Trinajstić information content (AvgIpc) is 2.63. The van der Waals surface area contributed by atoms with Crippen LogP contribution in [0.1, 0.15) is 23.7 Å². The van der Waals surface area contributed by atoms with Crippen LogP contribution in [-0.2, 0) is 14.3 Å². The SMILES string of the molecule is CC(OC(=O)CCNC(=O)c1ccc(F)cc1F)C(=O)Nc1ccc(Cl)cc1Cl. The Kier molecular flexibility index (Phi) is 7.92. The number of esters is 1. The molecule has 0 saturated carbocycles. The van der Waals surface area contributed by atoms with Crippen LogP contribution in [0.2, 0.25) is 10.0 Å². The highest BCUT2D eigenvalue weighted by Crippen LogP contribution is 2.25. The van der Waals surface area contributed by atoms with Crippen LogP contribution in [0.4, 0.5) is 14.5 Å². The topological polar surface area (TPSA) is 84.5 Å². The first-order chi connectivity index (χ1) is 13.7. The molecular formula is C19H16Cl2F2N2O4. The Morgan fingerprint density at radius 3 is 2.48 bits per heavy atom. The highest BCUT2D eigenvalue weighted by Gasteiger charge is 2.19. The van der Waals surface area contributed by atoms with E-state index in [2.05, 4.69) is 10.6 Å². The lowest BCUT2D eigenvalue weighted by molar-refractivity contribution is -0.153. The van der Waals surface area contributed by atoms with Gasteiger partial charge in [0.25, 0.3) is 11.8 Å². The first-order valence-electron chi connectivity index (χ1n) is 8.36. The molecule has 6 nitrogen and oxygen atoms in total. The quantitative estimate of drug-likeness (QED) is 0.632. The number of halogens is 4. The molecule has 0 aliphatic carbocycles. The summed E-state index contributed by atoms with van der Waals surface area (Å²) in [5.41, 5.74) is -0.0510. The van der Waals surface area contributed by atoms with Crippen molar-refractivity contribution in [2.75, 3.05) is 11.9 Å². The van der Waals surface area contributed by atoms with Gasteiger partial charge in [0.2, 0.25) is 0 Å². The molecule has 0 aromatic heterocycles. The van der Waals surface area contributed by atoms with Gasteiger partial charge in [-0.15, -0.1) is 0 Å². The Bertz CT molecular complexity index is 940. The summed E-state index contributed by atoms with van der Waals surface area (Å²) in [7, 11) is 0. The summed E-state index contributed by atoms with van der Waals surface area (Å²) in [5, 5.41) is 5.43. The number of carbonyl (C=O) groups is 3. The normalized spacial score (nSPS) is 11.5. The van der Waals surface area contributed by atoms with Crippen molar-refractivity contribution >= 4 is 46.7 Å². The molecule has 0 heterocycles. The Labute approximate surface area is 175 Å². The van der Waals surface area contributed by atoms with Crippen molar-refractivity contribution in [3.8, 4) is 0 Å². The lowest BCUT2D eigenvalue weighted by Gasteiger charge is -2.14. The minimum atomic E-state index is -1.13. The third-order valence-corrected chi connectivity index (χ3v) is 4.20. The minimum absolute atomic E-state index is 0.161. The van der Waals surface area contributed by atoms with Gasteiger partial charge in [0.1, 0.15) is 11.6 Å². The highest BCUT2D eigenvalue weighted by atomic mass is 35.5. The van der Waals surface area contributed by atoms with E-state index in [1.807, 2.05) is 0 Å². The Balaban J connectivity index is 1.79. The van der Waals surface area contributed by atoms with Crippen LogP contribution >= 0.6 is 23.2 Å². The van der Waals surface area contributed by atoms with Gasteiger partial charge in [0.15, 0.2) is 6.10 Å². The Morgan fingerprint density at radius 2 is 1.83 bits per heavy atom. The summed E-state index contributed by atoms with van der Waals surface area (Å²) < 4.78 is 31.4. The fourth-order valence-electron chi connectivity index (χ4n) is 2.18. The molecule has 0 fully saturated rings. The predicted octanol–water partition coefficient (Wildman–Crippen LogP) is 3.96. The molecule has 154 valence electrons. The molecule has 0 spiro atoms. The van der Waals surface area contributed by atoms with Crippen molar-refractivity contribution in [3.05, 3.63) is 63.6 Å². The number of ether oxygens (including phenoxy) is 1. The largest absolute Gasteiger partial charge is 0.452 e. The van der Waals surface area contributed by atoms with E-state index < -0.39 is 35.5 Å². The molecule has 1 unspecified atom stereocenters.